The molecule has 0 atom stereocenters. The third kappa shape index (κ3) is 4.44. The summed E-state index contributed by atoms with van der Waals surface area (Å²) in [4.78, 5) is 12.5. The maximum atomic E-state index is 12.2. The maximum absolute atomic E-state index is 12.2. The standard InChI is InChI=1S/C15H18F3N5O/c16-15(17,18)4-8-21-14-22-9-11-12(23-14)3-7-20-13(11)24-10-1-5-19-6-2-10/h3,7,9-10,19H,1-2,4-6,8H2,(H,21,22,23). The summed E-state index contributed by atoms with van der Waals surface area (Å²) in [5.41, 5.74) is 0.582. The molecule has 2 N–H and O–H groups in total. The predicted molar refractivity (Wildman–Crippen MR) is 83.0 cm³/mol. The van der Waals surface area contributed by atoms with Gasteiger partial charge in [0.15, 0.2) is 0 Å². The number of nitrogens with zero attached hydrogens (tertiary/aromatic N) is 3. The monoisotopic (exact) mass is 341 g/mol. The zero-order valence-electron chi connectivity index (χ0n) is 12.9. The fraction of sp³-hybridized carbons (Fsp3) is 0.533. The van der Waals surface area contributed by atoms with Gasteiger partial charge in [-0.05, 0) is 32.0 Å². The van der Waals surface area contributed by atoms with Crippen molar-refractivity contribution in [1.29, 1.82) is 0 Å². The summed E-state index contributed by atoms with van der Waals surface area (Å²) in [5.74, 6) is 0.618. The molecule has 0 amide bonds. The van der Waals surface area contributed by atoms with Crippen LogP contribution in [0.4, 0.5) is 19.1 Å². The average molecular weight is 341 g/mol. The SMILES string of the molecule is FC(F)(F)CCNc1ncc2c(OC3CCNCC3)nccc2n1. The lowest BCUT2D eigenvalue weighted by atomic mass is 10.1. The number of ether oxygens (including phenoxy) is 1. The third-order valence-corrected chi connectivity index (χ3v) is 3.73. The van der Waals surface area contributed by atoms with E-state index in [0.717, 1.165) is 25.9 Å². The lowest BCUT2D eigenvalue weighted by Crippen LogP contribution is -2.34. The molecule has 3 rings (SSSR count). The zero-order chi connectivity index (χ0) is 17.0. The van der Waals surface area contributed by atoms with Crippen LogP contribution in [-0.2, 0) is 0 Å². The highest BCUT2D eigenvalue weighted by Gasteiger charge is 2.26. The van der Waals surface area contributed by atoms with Gasteiger partial charge < -0.3 is 15.4 Å². The highest BCUT2D eigenvalue weighted by molar-refractivity contribution is 5.83. The van der Waals surface area contributed by atoms with Crippen LogP contribution < -0.4 is 15.4 Å². The molecule has 0 bridgehead atoms. The fourth-order valence-corrected chi connectivity index (χ4v) is 2.50. The summed E-state index contributed by atoms with van der Waals surface area (Å²) >= 11 is 0. The molecule has 0 unspecified atom stereocenters. The molecule has 0 aliphatic carbocycles. The van der Waals surface area contributed by atoms with Gasteiger partial charge in [0.25, 0.3) is 0 Å². The molecule has 0 radical (unpaired) electrons. The molecule has 0 spiro atoms. The Morgan fingerprint density at radius 1 is 1.25 bits per heavy atom. The van der Waals surface area contributed by atoms with E-state index in [-0.39, 0.29) is 18.6 Å². The number of hydrogen-bond donors (Lipinski definition) is 2. The minimum Gasteiger partial charge on any atom is -0.474 e. The summed E-state index contributed by atoms with van der Waals surface area (Å²) in [6.45, 7) is 1.54. The van der Waals surface area contributed by atoms with E-state index in [1.165, 1.54) is 6.20 Å². The van der Waals surface area contributed by atoms with Crippen LogP contribution in [0.3, 0.4) is 0 Å². The minimum atomic E-state index is -4.20. The van der Waals surface area contributed by atoms with Gasteiger partial charge >= 0.3 is 6.18 Å². The fourth-order valence-electron chi connectivity index (χ4n) is 2.50. The second kappa shape index (κ2) is 7.16. The molecule has 2 aromatic rings. The van der Waals surface area contributed by atoms with Crippen molar-refractivity contribution in [2.24, 2.45) is 0 Å². The van der Waals surface area contributed by atoms with Crippen molar-refractivity contribution in [2.75, 3.05) is 25.0 Å². The van der Waals surface area contributed by atoms with Gasteiger partial charge in [-0.15, -0.1) is 0 Å². The van der Waals surface area contributed by atoms with Crippen LogP contribution >= 0.6 is 0 Å². The zero-order valence-corrected chi connectivity index (χ0v) is 12.9. The van der Waals surface area contributed by atoms with E-state index in [9.17, 15) is 13.2 Å². The molecule has 0 aromatic carbocycles. The van der Waals surface area contributed by atoms with Crippen LogP contribution in [0.15, 0.2) is 18.5 Å². The first-order valence-electron chi connectivity index (χ1n) is 7.81. The summed E-state index contributed by atoms with van der Waals surface area (Å²) in [7, 11) is 0. The molecule has 6 nitrogen and oxygen atoms in total. The smallest absolute Gasteiger partial charge is 0.390 e. The summed E-state index contributed by atoms with van der Waals surface area (Å²) < 4.78 is 42.5. The van der Waals surface area contributed by atoms with Gasteiger partial charge in [-0.3, -0.25) is 0 Å². The highest BCUT2D eigenvalue weighted by atomic mass is 19.4. The molecule has 1 fully saturated rings. The number of aromatic nitrogens is 3. The van der Waals surface area contributed by atoms with E-state index < -0.39 is 12.6 Å². The van der Waals surface area contributed by atoms with Crippen LogP contribution in [0.5, 0.6) is 5.88 Å². The second-order valence-corrected chi connectivity index (χ2v) is 5.60. The topological polar surface area (TPSA) is 72.0 Å². The molecular weight excluding hydrogens is 323 g/mol. The van der Waals surface area contributed by atoms with Crippen molar-refractivity contribution < 1.29 is 17.9 Å². The van der Waals surface area contributed by atoms with Gasteiger partial charge in [-0.2, -0.15) is 13.2 Å². The lowest BCUT2D eigenvalue weighted by Gasteiger charge is -2.23. The van der Waals surface area contributed by atoms with Gasteiger partial charge in [0.2, 0.25) is 11.8 Å². The van der Waals surface area contributed by atoms with E-state index in [4.69, 9.17) is 4.74 Å². The Morgan fingerprint density at radius 2 is 2.04 bits per heavy atom. The number of hydrogen-bond acceptors (Lipinski definition) is 6. The van der Waals surface area contributed by atoms with Gasteiger partial charge in [-0.1, -0.05) is 0 Å². The van der Waals surface area contributed by atoms with E-state index in [0.29, 0.717) is 16.8 Å². The van der Waals surface area contributed by atoms with E-state index in [1.807, 2.05) is 0 Å². The number of rotatable bonds is 5. The third-order valence-electron chi connectivity index (χ3n) is 3.73. The van der Waals surface area contributed by atoms with Crippen LogP contribution in [0.25, 0.3) is 10.9 Å². The Hall–Kier alpha value is -2.16. The Bertz CT molecular complexity index is 688. The largest absolute Gasteiger partial charge is 0.474 e. The van der Waals surface area contributed by atoms with Gasteiger partial charge in [0.05, 0.1) is 17.3 Å². The molecule has 0 saturated carbocycles. The number of piperidine rings is 1. The summed E-state index contributed by atoms with van der Waals surface area (Å²) in [6, 6.07) is 1.68. The molecule has 1 aliphatic heterocycles. The van der Waals surface area contributed by atoms with Crippen LogP contribution in [0.1, 0.15) is 19.3 Å². The number of halogens is 3. The molecule has 3 heterocycles. The van der Waals surface area contributed by atoms with Gasteiger partial charge in [0.1, 0.15) is 6.10 Å². The number of fused-ring (bicyclic) bond motifs is 1. The van der Waals surface area contributed by atoms with Crippen molar-refractivity contribution in [1.82, 2.24) is 20.3 Å². The lowest BCUT2D eigenvalue weighted by molar-refractivity contribution is -0.131. The number of anilines is 1. The van der Waals surface area contributed by atoms with Crippen LogP contribution in [0, 0.1) is 0 Å². The van der Waals surface area contributed by atoms with Gasteiger partial charge in [-0.25, -0.2) is 15.0 Å². The molecule has 24 heavy (non-hydrogen) atoms. The number of alkyl halides is 3. The van der Waals surface area contributed by atoms with Crippen LogP contribution in [0.2, 0.25) is 0 Å². The summed E-state index contributed by atoms with van der Waals surface area (Å²) in [5, 5.41) is 6.49. The molecule has 1 aliphatic rings. The number of nitrogens with one attached hydrogen (secondary N) is 2. The molecule has 1 saturated heterocycles. The first-order valence-corrected chi connectivity index (χ1v) is 7.81. The molecule has 130 valence electrons. The second-order valence-electron chi connectivity index (χ2n) is 5.60. The first kappa shape index (κ1) is 16.7. The average Bonchev–Trinajstić information content (AvgIpc) is 2.55. The normalized spacial score (nSPS) is 16.3. The molecule has 9 heteroatoms. The predicted octanol–water partition coefficient (Wildman–Crippen LogP) is 2.52. The van der Waals surface area contributed by atoms with Crippen molar-refractivity contribution >= 4 is 16.9 Å². The van der Waals surface area contributed by atoms with Crippen LogP contribution in [-0.4, -0.2) is 46.9 Å². The Balaban J connectivity index is 1.71. The molecule has 2 aromatic heterocycles. The maximum Gasteiger partial charge on any atom is 0.390 e. The first-order chi connectivity index (χ1) is 11.5. The van der Waals surface area contributed by atoms with Crippen molar-refractivity contribution in [3.63, 3.8) is 0 Å². The van der Waals surface area contributed by atoms with Gasteiger partial charge in [0, 0.05) is 18.9 Å². The minimum absolute atomic E-state index is 0.0916. The van der Waals surface area contributed by atoms with E-state index in [2.05, 4.69) is 25.6 Å². The number of pyridine rings is 1. The Morgan fingerprint density at radius 3 is 2.79 bits per heavy atom. The Kier molecular flexibility index (Phi) is 4.98. The summed E-state index contributed by atoms with van der Waals surface area (Å²) in [6.07, 6.45) is -0.147. The van der Waals surface area contributed by atoms with Crippen molar-refractivity contribution in [3.8, 4) is 5.88 Å². The quantitative estimate of drug-likeness (QED) is 0.871. The highest BCUT2D eigenvalue weighted by Crippen LogP contribution is 2.24. The Labute approximate surface area is 136 Å². The van der Waals surface area contributed by atoms with E-state index >= 15 is 0 Å². The molecular formula is C15H18F3N5O. The van der Waals surface area contributed by atoms with E-state index in [1.54, 1.807) is 12.3 Å². The van der Waals surface area contributed by atoms with Crippen molar-refractivity contribution in [2.45, 2.75) is 31.5 Å². The van der Waals surface area contributed by atoms with Crippen molar-refractivity contribution in [3.05, 3.63) is 18.5 Å².